The predicted molar refractivity (Wildman–Crippen MR) is 125 cm³/mol. The normalized spacial score (nSPS) is 11.9. The first-order valence-corrected chi connectivity index (χ1v) is 11.6. The maximum absolute atomic E-state index is 13.1. The van der Waals surface area contributed by atoms with Gasteiger partial charge in [0.2, 0.25) is 9.84 Å². The molecule has 5 aromatic rings. The molecule has 2 N–H and O–H groups in total. The lowest BCUT2D eigenvalue weighted by atomic mass is 10.0. The highest BCUT2D eigenvalue weighted by molar-refractivity contribution is 7.91. The summed E-state index contributed by atoms with van der Waals surface area (Å²) in [4.78, 5) is 14.4. The molecule has 0 aliphatic carbocycles. The first-order chi connectivity index (χ1) is 15.3. The van der Waals surface area contributed by atoms with Gasteiger partial charge in [-0.1, -0.05) is 35.9 Å². The van der Waals surface area contributed by atoms with E-state index >= 15 is 0 Å². The Hall–Kier alpha value is -3.55. The third-order valence-electron chi connectivity index (χ3n) is 5.55. The largest absolute Gasteiger partial charge is 0.506 e. The summed E-state index contributed by atoms with van der Waals surface area (Å²) in [6, 6.07) is 18.4. The van der Waals surface area contributed by atoms with Crippen molar-refractivity contribution in [3.8, 4) is 16.9 Å². The van der Waals surface area contributed by atoms with E-state index < -0.39 is 26.0 Å². The van der Waals surface area contributed by atoms with Crippen molar-refractivity contribution in [3.05, 3.63) is 88.3 Å². The first-order valence-electron chi connectivity index (χ1n) is 9.71. The number of hydrogen-bond donors (Lipinski definition) is 2. The zero-order valence-electron chi connectivity index (χ0n) is 16.8. The Kier molecular flexibility index (Phi) is 4.62. The number of nitrogens with one attached hydrogen (secondary N) is 1. The molecule has 3 aromatic carbocycles. The van der Waals surface area contributed by atoms with Crippen LogP contribution < -0.4 is 5.56 Å². The molecule has 8 heteroatoms. The fourth-order valence-corrected chi connectivity index (χ4v) is 5.60. The lowest BCUT2D eigenvalue weighted by Crippen LogP contribution is -2.18. The van der Waals surface area contributed by atoms with Crippen molar-refractivity contribution < 1.29 is 13.5 Å². The van der Waals surface area contributed by atoms with E-state index in [1.807, 2.05) is 42.1 Å². The molecule has 0 saturated heterocycles. The maximum atomic E-state index is 13.1. The van der Waals surface area contributed by atoms with E-state index in [1.54, 1.807) is 24.3 Å². The summed E-state index contributed by atoms with van der Waals surface area (Å²) in [5.41, 5.74) is 1.79. The number of pyridine rings is 1. The van der Waals surface area contributed by atoms with Gasteiger partial charge in [-0.3, -0.25) is 4.79 Å². The number of halogens is 1. The second-order valence-corrected chi connectivity index (χ2v) is 9.82. The fraction of sp³-hybridized carbons (Fsp3) is 0.0417. The standard InChI is InChI=1S/C24H17ClN2O4S/c1-27-10-9-15-11-14(7-8-21(15)27)17-12-18-20(13-19(17)25)26-24(29)23(22(18)28)32(30,31)16-5-3-2-4-6-16/h2-13H,1H3,(H2,26,28,29). The number of nitrogens with zero attached hydrogens (tertiary/aromatic N) is 1. The number of H-pyrrole nitrogens is 1. The number of aryl methyl sites for hydroxylation is 1. The van der Waals surface area contributed by atoms with Crippen LogP contribution in [0.1, 0.15) is 0 Å². The Balaban J connectivity index is 1.76. The highest BCUT2D eigenvalue weighted by atomic mass is 35.5. The predicted octanol–water partition coefficient (Wildman–Crippen LogP) is 4.88. The minimum Gasteiger partial charge on any atom is -0.506 e. The summed E-state index contributed by atoms with van der Waals surface area (Å²) in [5, 5.41) is 12.5. The Morgan fingerprint density at radius 2 is 1.75 bits per heavy atom. The van der Waals surface area contributed by atoms with Crippen molar-refractivity contribution in [2.45, 2.75) is 9.79 Å². The molecule has 0 spiro atoms. The Morgan fingerprint density at radius 3 is 2.50 bits per heavy atom. The Labute approximate surface area is 188 Å². The van der Waals surface area contributed by atoms with E-state index in [9.17, 15) is 18.3 Å². The molecule has 0 aliphatic heterocycles. The van der Waals surface area contributed by atoms with Crippen molar-refractivity contribution in [1.29, 1.82) is 0 Å². The molecule has 2 heterocycles. The maximum Gasteiger partial charge on any atom is 0.271 e. The van der Waals surface area contributed by atoms with Crippen LogP contribution in [0.3, 0.4) is 0 Å². The van der Waals surface area contributed by atoms with Gasteiger partial charge in [0.05, 0.1) is 15.4 Å². The van der Waals surface area contributed by atoms with Gasteiger partial charge in [0.1, 0.15) is 5.75 Å². The summed E-state index contributed by atoms with van der Waals surface area (Å²) in [6.07, 6.45) is 1.95. The summed E-state index contributed by atoms with van der Waals surface area (Å²) in [7, 11) is -2.28. The Bertz CT molecular complexity index is 1690. The van der Waals surface area contributed by atoms with Crippen molar-refractivity contribution >= 4 is 43.2 Å². The van der Waals surface area contributed by atoms with Gasteiger partial charge < -0.3 is 14.7 Å². The summed E-state index contributed by atoms with van der Waals surface area (Å²) < 4.78 is 28.2. The van der Waals surface area contributed by atoms with E-state index in [-0.39, 0.29) is 15.8 Å². The van der Waals surface area contributed by atoms with Gasteiger partial charge in [-0.25, -0.2) is 8.42 Å². The van der Waals surface area contributed by atoms with Crippen LogP contribution in [-0.4, -0.2) is 23.1 Å². The smallest absolute Gasteiger partial charge is 0.271 e. The van der Waals surface area contributed by atoms with Crippen molar-refractivity contribution in [1.82, 2.24) is 9.55 Å². The van der Waals surface area contributed by atoms with E-state index in [1.165, 1.54) is 18.2 Å². The van der Waals surface area contributed by atoms with Crippen LogP contribution in [0.25, 0.3) is 32.9 Å². The van der Waals surface area contributed by atoms with Gasteiger partial charge >= 0.3 is 0 Å². The van der Waals surface area contributed by atoms with E-state index in [0.29, 0.717) is 10.6 Å². The summed E-state index contributed by atoms with van der Waals surface area (Å²) in [5.74, 6) is -0.605. The van der Waals surface area contributed by atoms with Gasteiger partial charge in [0.15, 0.2) is 4.90 Å². The average molecular weight is 465 g/mol. The number of aromatic amines is 1. The van der Waals surface area contributed by atoms with Crippen LogP contribution in [0.5, 0.6) is 5.75 Å². The third-order valence-corrected chi connectivity index (χ3v) is 7.67. The van der Waals surface area contributed by atoms with Gasteiger partial charge in [0.25, 0.3) is 5.56 Å². The van der Waals surface area contributed by atoms with Crippen LogP contribution in [-0.2, 0) is 16.9 Å². The molecule has 0 radical (unpaired) electrons. The number of fused-ring (bicyclic) bond motifs is 2. The molecule has 0 amide bonds. The highest BCUT2D eigenvalue weighted by Crippen LogP contribution is 2.38. The summed E-state index contributed by atoms with van der Waals surface area (Å²) >= 11 is 6.50. The number of rotatable bonds is 3. The highest BCUT2D eigenvalue weighted by Gasteiger charge is 2.27. The molecule has 0 saturated carbocycles. The molecule has 6 nitrogen and oxygen atoms in total. The number of hydrogen-bond acceptors (Lipinski definition) is 4. The average Bonchev–Trinajstić information content (AvgIpc) is 3.14. The number of benzene rings is 3. The number of aromatic nitrogens is 2. The van der Waals surface area contributed by atoms with Crippen LogP contribution >= 0.6 is 11.6 Å². The van der Waals surface area contributed by atoms with E-state index in [2.05, 4.69) is 4.98 Å². The van der Waals surface area contributed by atoms with E-state index in [0.717, 1.165) is 16.5 Å². The third kappa shape index (κ3) is 3.09. The molecule has 2 aromatic heterocycles. The summed E-state index contributed by atoms with van der Waals surface area (Å²) in [6.45, 7) is 0. The Morgan fingerprint density at radius 1 is 1.00 bits per heavy atom. The zero-order chi connectivity index (χ0) is 22.6. The molecule has 32 heavy (non-hydrogen) atoms. The minimum atomic E-state index is -4.23. The van der Waals surface area contributed by atoms with Crippen molar-refractivity contribution in [2.75, 3.05) is 0 Å². The zero-order valence-corrected chi connectivity index (χ0v) is 18.4. The molecular formula is C24H17ClN2O4S. The molecule has 0 fully saturated rings. The van der Waals surface area contributed by atoms with Crippen LogP contribution in [0.15, 0.2) is 87.5 Å². The van der Waals surface area contributed by atoms with Gasteiger partial charge in [-0.15, -0.1) is 0 Å². The fourth-order valence-electron chi connectivity index (χ4n) is 3.92. The molecule has 0 bridgehead atoms. The topological polar surface area (TPSA) is 92.2 Å². The minimum absolute atomic E-state index is 0.0798. The van der Waals surface area contributed by atoms with Gasteiger partial charge in [-0.05, 0) is 48.0 Å². The molecule has 0 aliphatic rings. The van der Waals surface area contributed by atoms with Gasteiger partial charge in [0, 0.05) is 35.1 Å². The molecule has 5 rings (SSSR count). The lowest BCUT2D eigenvalue weighted by molar-refractivity contribution is 0.463. The number of sulfone groups is 1. The molecular weight excluding hydrogens is 448 g/mol. The quantitative estimate of drug-likeness (QED) is 0.398. The molecule has 160 valence electrons. The molecule has 0 unspecified atom stereocenters. The van der Waals surface area contributed by atoms with Crippen LogP contribution in [0.2, 0.25) is 5.02 Å². The molecule has 0 atom stereocenters. The van der Waals surface area contributed by atoms with Gasteiger partial charge in [-0.2, -0.15) is 0 Å². The van der Waals surface area contributed by atoms with E-state index in [4.69, 9.17) is 11.6 Å². The van der Waals surface area contributed by atoms with Crippen LogP contribution in [0, 0.1) is 0 Å². The second kappa shape index (κ2) is 7.25. The first kappa shape index (κ1) is 20.4. The van der Waals surface area contributed by atoms with Crippen molar-refractivity contribution in [3.63, 3.8) is 0 Å². The second-order valence-electron chi connectivity index (χ2n) is 7.53. The number of aromatic hydroxyl groups is 1. The van der Waals surface area contributed by atoms with Crippen LogP contribution in [0.4, 0.5) is 0 Å². The van der Waals surface area contributed by atoms with Crippen molar-refractivity contribution in [2.24, 2.45) is 7.05 Å². The monoisotopic (exact) mass is 464 g/mol. The SMILES string of the molecule is Cn1ccc2cc(-c3cc4c(O)c(S(=O)(=O)c5ccccc5)c(=O)[nH]c4cc3Cl)ccc21. The lowest BCUT2D eigenvalue weighted by Gasteiger charge is -2.12.